The highest BCUT2D eigenvalue weighted by atomic mass is 19.4. The molecular formula is C13H16F3NO2. The van der Waals surface area contributed by atoms with Crippen LogP contribution in [-0.2, 0) is 0 Å². The molecule has 0 amide bonds. The molecule has 0 fully saturated rings. The van der Waals surface area contributed by atoms with Crippen LogP contribution >= 0.6 is 0 Å². The van der Waals surface area contributed by atoms with Crippen molar-refractivity contribution in [1.29, 1.82) is 0 Å². The number of nitrogens with one attached hydrogen (secondary N) is 1. The first-order valence-corrected chi connectivity index (χ1v) is 5.75. The summed E-state index contributed by atoms with van der Waals surface area (Å²) < 4.78 is 45.9. The van der Waals surface area contributed by atoms with Crippen LogP contribution in [0.5, 0.6) is 11.5 Å². The molecule has 0 spiro atoms. The number of ether oxygens (including phenoxy) is 2. The Balaban J connectivity index is 2.64. The van der Waals surface area contributed by atoms with Crippen LogP contribution in [0.15, 0.2) is 36.9 Å². The number of benzene rings is 1. The normalized spacial score (nSPS) is 12.8. The lowest BCUT2D eigenvalue weighted by Gasteiger charge is -2.18. The minimum Gasteiger partial charge on any atom is -0.485 e. The molecule has 0 saturated carbocycles. The van der Waals surface area contributed by atoms with Gasteiger partial charge in [-0.2, -0.15) is 0 Å². The number of rotatable bonds is 7. The van der Waals surface area contributed by atoms with Gasteiger partial charge < -0.3 is 14.8 Å². The molecule has 1 aromatic rings. The molecule has 1 aromatic carbocycles. The van der Waals surface area contributed by atoms with Gasteiger partial charge in [0.15, 0.2) is 11.5 Å². The summed E-state index contributed by atoms with van der Waals surface area (Å²) in [6, 6.07) is 5.69. The van der Waals surface area contributed by atoms with Crippen LogP contribution in [0.2, 0.25) is 0 Å². The average Bonchev–Trinajstić information content (AvgIpc) is 2.30. The summed E-state index contributed by atoms with van der Waals surface area (Å²) >= 11 is 0. The zero-order chi connectivity index (χ0) is 14.3. The maximum Gasteiger partial charge on any atom is 0.573 e. The van der Waals surface area contributed by atoms with Gasteiger partial charge in [0.2, 0.25) is 0 Å². The van der Waals surface area contributed by atoms with Crippen molar-refractivity contribution in [3.8, 4) is 11.5 Å². The number of hydrogen-bond donors (Lipinski definition) is 1. The van der Waals surface area contributed by atoms with Gasteiger partial charge in [0.05, 0.1) is 0 Å². The van der Waals surface area contributed by atoms with Crippen molar-refractivity contribution in [1.82, 2.24) is 5.32 Å². The Kier molecular flexibility index (Phi) is 5.69. The number of halogens is 3. The smallest absolute Gasteiger partial charge is 0.485 e. The van der Waals surface area contributed by atoms with E-state index in [0.29, 0.717) is 13.1 Å². The highest BCUT2D eigenvalue weighted by molar-refractivity contribution is 5.39. The van der Waals surface area contributed by atoms with Crippen LogP contribution in [0.4, 0.5) is 13.2 Å². The molecule has 0 aromatic heterocycles. The van der Waals surface area contributed by atoms with E-state index in [4.69, 9.17) is 4.74 Å². The maximum absolute atomic E-state index is 12.2. The molecule has 19 heavy (non-hydrogen) atoms. The van der Waals surface area contributed by atoms with E-state index in [2.05, 4.69) is 16.6 Å². The van der Waals surface area contributed by atoms with E-state index in [-0.39, 0.29) is 17.6 Å². The Hall–Kier alpha value is -1.69. The van der Waals surface area contributed by atoms with E-state index in [9.17, 15) is 13.2 Å². The van der Waals surface area contributed by atoms with Crippen LogP contribution < -0.4 is 14.8 Å². The SMILES string of the molecule is C=CCNCC(C)Oc1ccccc1OC(F)(F)F. The van der Waals surface area contributed by atoms with Gasteiger partial charge in [0.25, 0.3) is 0 Å². The van der Waals surface area contributed by atoms with Gasteiger partial charge in [-0.25, -0.2) is 0 Å². The first-order valence-electron chi connectivity index (χ1n) is 5.75. The lowest BCUT2D eigenvalue weighted by molar-refractivity contribution is -0.275. The standard InChI is InChI=1S/C13H16F3NO2/c1-3-8-17-9-10(2)18-11-6-4-5-7-12(11)19-13(14,15)16/h3-7,10,17H,1,8-9H2,2H3. The van der Waals surface area contributed by atoms with E-state index in [1.54, 1.807) is 19.1 Å². The van der Waals surface area contributed by atoms with Crippen molar-refractivity contribution in [2.45, 2.75) is 19.4 Å². The minimum atomic E-state index is -4.73. The molecule has 1 N–H and O–H groups in total. The van der Waals surface area contributed by atoms with Crippen LogP contribution in [0.25, 0.3) is 0 Å². The zero-order valence-corrected chi connectivity index (χ0v) is 10.5. The second-order valence-electron chi connectivity index (χ2n) is 3.87. The number of para-hydroxylation sites is 2. The summed E-state index contributed by atoms with van der Waals surface area (Å²) in [6.45, 7) is 6.40. The molecule has 6 heteroatoms. The summed E-state index contributed by atoms with van der Waals surface area (Å²) in [5, 5.41) is 3.02. The third kappa shape index (κ3) is 6.15. The minimum absolute atomic E-state index is 0.0627. The summed E-state index contributed by atoms with van der Waals surface area (Å²) in [7, 11) is 0. The molecule has 1 rings (SSSR count). The maximum atomic E-state index is 12.2. The van der Waals surface area contributed by atoms with Gasteiger partial charge in [-0.05, 0) is 19.1 Å². The fourth-order valence-electron chi connectivity index (χ4n) is 1.40. The summed E-state index contributed by atoms with van der Waals surface area (Å²) in [5.74, 6) is -0.279. The predicted molar refractivity (Wildman–Crippen MR) is 66.3 cm³/mol. The second-order valence-corrected chi connectivity index (χ2v) is 3.87. The fourth-order valence-corrected chi connectivity index (χ4v) is 1.40. The quantitative estimate of drug-likeness (QED) is 0.612. The summed E-state index contributed by atoms with van der Waals surface area (Å²) in [5.41, 5.74) is 0. The Morgan fingerprint density at radius 1 is 1.32 bits per heavy atom. The molecule has 0 heterocycles. The van der Waals surface area contributed by atoms with E-state index >= 15 is 0 Å². The van der Waals surface area contributed by atoms with Crippen molar-refractivity contribution in [3.05, 3.63) is 36.9 Å². The van der Waals surface area contributed by atoms with Crippen molar-refractivity contribution >= 4 is 0 Å². The Labute approximate surface area is 110 Å². The molecule has 0 aliphatic carbocycles. The van der Waals surface area contributed by atoms with Crippen LogP contribution in [0.1, 0.15) is 6.92 Å². The lowest BCUT2D eigenvalue weighted by atomic mass is 10.3. The Morgan fingerprint density at radius 3 is 2.53 bits per heavy atom. The highest BCUT2D eigenvalue weighted by Crippen LogP contribution is 2.32. The van der Waals surface area contributed by atoms with Crippen molar-refractivity contribution in [2.75, 3.05) is 13.1 Å². The highest BCUT2D eigenvalue weighted by Gasteiger charge is 2.32. The molecule has 0 radical (unpaired) electrons. The molecular weight excluding hydrogens is 259 g/mol. The molecule has 1 atom stereocenters. The third-order valence-electron chi connectivity index (χ3n) is 2.12. The molecule has 0 bridgehead atoms. The first kappa shape index (κ1) is 15.4. The predicted octanol–water partition coefficient (Wildman–Crippen LogP) is 3.13. The van der Waals surface area contributed by atoms with Crippen molar-refractivity contribution in [2.24, 2.45) is 0 Å². The average molecular weight is 275 g/mol. The summed E-state index contributed by atoms with van der Waals surface area (Å²) in [6.07, 6.45) is -3.34. The topological polar surface area (TPSA) is 30.5 Å². The van der Waals surface area contributed by atoms with E-state index in [1.165, 1.54) is 18.2 Å². The molecule has 1 unspecified atom stereocenters. The van der Waals surface area contributed by atoms with Crippen LogP contribution in [-0.4, -0.2) is 25.6 Å². The van der Waals surface area contributed by atoms with Gasteiger partial charge in [0, 0.05) is 13.1 Å². The Morgan fingerprint density at radius 2 is 1.95 bits per heavy atom. The van der Waals surface area contributed by atoms with Gasteiger partial charge in [0.1, 0.15) is 6.10 Å². The van der Waals surface area contributed by atoms with Crippen LogP contribution in [0.3, 0.4) is 0 Å². The fraction of sp³-hybridized carbons (Fsp3) is 0.385. The van der Waals surface area contributed by atoms with Gasteiger partial charge in [-0.15, -0.1) is 19.8 Å². The molecule has 3 nitrogen and oxygen atoms in total. The van der Waals surface area contributed by atoms with E-state index < -0.39 is 6.36 Å². The van der Waals surface area contributed by atoms with Crippen molar-refractivity contribution < 1.29 is 22.6 Å². The van der Waals surface area contributed by atoms with Crippen LogP contribution in [0, 0.1) is 0 Å². The molecule has 0 aliphatic heterocycles. The number of alkyl halides is 3. The van der Waals surface area contributed by atoms with Gasteiger partial charge >= 0.3 is 6.36 Å². The van der Waals surface area contributed by atoms with Crippen molar-refractivity contribution in [3.63, 3.8) is 0 Å². The third-order valence-corrected chi connectivity index (χ3v) is 2.12. The molecule has 106 valence electrons. The monoisotopic (exact) mass is 275 g/mol. The van der Waals surface area contributed by atoms with Gasteiger partial charge in [-0.3, -0.25) is 0 Å². The molecule has 0 aliphatic rings. The summed E-state index contributed by atoms with van der Waals surface area (Å²) in [4.78, 5) is 0. The first-order chi connectivity index (χ1) is 8.92. The van der Waals surface area contributed by atoms with Gasteiger partial charge in [-0.1, -0.05) is 18.2 Å². The van der Waals surface area contributed by atoms with E-state index in [0.717, 1.165) is 0 Å². The lowest BCUT2D eigenvalue weighted by Crippen LogP contribution is -2.29. The number of hydrogen-bond acceptors (Lipinski definition) is 3. The zero-order valence-electron chi connectivity index (χ0n) is 10.5. The molecule has 0 saturated heterocycles. The van der Waals surface area contributed by atoms with E-state index in [1.807, 2.05) is 0 Å². The second kappa shape index (κ2) is 7.04. The largest absolute Gasteiger partial charge is 0.573 e. The Bertz CT molecular complexity index is 407.